The van der Waals surface area contributed by atoms with E-state index < -0.39 is 17.2 Å². The van der Waals surface area contributed by atoms with Crippen LogP contribution >= 0.6 is 0 Å². The number of nitrogens with one attached hydrogen (secondary N) is 2. The number of amides is 2. The number of aryl methyl sites for hydroxylation is 1. The van der Waals surface area contributed by atoms with E-state index >= 15 is 0 Å². The largest absolute Gasteiger partial charge is 0.444 e. The third kappa shape index (κ3) is 6.72. The quantitative estimate of drug-likeness (QED) is 0.817. The van der Waals surface area contributed by atoms with Crippen molar-refractivity contribution in [1.29, 1.82) is 0 Å². The van der Waals surface area contributed by atoms with E-state index in [-0.39, 0.29) is 5.91 Å². The molecule has 0 saturated heterocycles. The minimum Gasteiger partial charge on any atom is -0.444 e. The predicted octanol–water partition coefficient (Wildman–Crippen LogP) is 2.01. The summed E-state index contributed by atoms with van der Waals surface area (Å²) in [4.78, 5) is 28.2. The van der Waals surface area contributed by atoms with Gasteiger partial charge < -0.3 is 15.4 Å². The lowest BCUT2D eigenvalue weighted by atomic mass is 9.81. The topological polar surface area (TPSA) is 98.1 Å². The maximum Gasteiger partial charge on any atom is 0.408 e. The highest BCUT2D eigenvalue weighted by Crippen LogP contribution is 2.28. The summed E-state index contributed by atoms with van der Waals surface area (Å²) < 4.78 is 7.01. The van der Waals surface area contributed by atoms with Crippen LogP contribution in [0.3, 0.4) is 0 Å². The highest BCUT2D eigenvalue weighted by Gasteiger charge is 2.35. The first-order chi connectivity index (χ1) is 11.8. The summed E-state index contributed by atoms with van der Waals surface area (Å²) in [5.41, 5.74) is -0.968. The summed E-state index contributed by atoms with van der Waals surface area (Å²) in [7, 11) is 0. The lowest BCUT2D eigenvalue weighted by Gasteiger charge is -2.38. The third-order valence-corrected chi connectivity index (χ3v) is 4.24. The molecule has 1 saturated carbocycles. The number of aromatic nitrogens is 3. The smallest absolute Gasteiger partial charge is 0.408 e. The molecule has 1 aromatic rings. The van der Waals surface area contributed by atoms with E-state index in [2.05, 4.69) is 20.7 Å². The van der Waals surface area contributed by atoms with Crippen molar-refractivity contribution in [2.75, 3.05) is 6.54 Å². The fraction of sp³-hybridized carbons (Fsp3) is 0.765. The summed E-state index contributed by atoms with van der Waals surface area (Å²) in [6, 6.07) is 0. The molecule has 1 aliphatic rings. The van der Waals surface area contributed by atoms with Gasteiger partial charge in [-0.2, -0.15) is 5.10 Å². The first-order valence-electron chi connectivity index (χ1n) is 8.88. The molecule has 8 heteroatoms. The van der Waals surface area contributed by atoms with E-state index in [1.807, 2.05) is 20.8 Å². The molecule has 25 heavy (non-hydrogen) atoms. The first kappa shape index (κ1) is 19.2. The monoisotopic (exact) mass is 351 g/mol. The van der Waals surface area contributed by atoms with Gasteiger partial charge in [0.1, 0.15) is 18.3 Å². The zero-order chi connectivity index (χ0) is 18.3. The maximum atomic E-state index is 12.2. The number of carbonyl (C=O) groups is 2. The summed E-state index contributed by atoms with van der Waals surface area (Å²) in [5.74, 6) is -0.0635. The van der Waals surface area contributed by atoms with Crippen molar-refractivity contribution in [3.05, 3.63) is 12.7 Å². The van der Waals surface area contributed by atoms with Gasteiger partial charge in [0.05, 0.1) is 12.1 Å². The van der Waals surface area contributed by atoms with Crippen LogP contribution < -0.4 is 10.6 Å². The van der Waals surface area contributed by atoms with E-state index in [1.165, 1.54) is 6.33 Å². The van der Waals surface area contributed by atoms with E-state index in [9.17, 15) is 9.59 Å². The van der Waals surface area contributed by atoms with Crippen molar-refractivity contribution in [2.45, 2.75) is 77.0 Å². The number of alkyl carbamates (subject to hydrolysis) is 1. The zero-order valence-electron chi connectivity index (χ0n) is 15.4. The lowest BCUT2D eigenvalue weighted by molar-refractivity contribution is -0.121. The Morgan fingerprint density at radius 2 is 1.96 bits per heavy atom. The van der Waals surface area contributed by atoms with Gasteiger partial charge in [0.25, 0.3) is 0 Å². The van der Waals surface area contributed by atoms with Crippen molar-refractivity contribution < 1.29 is 14.3 Å². The van der Waals surface area contributed by atoms with Crippen LogP contribution in [0.5, 0.6) is 0 Å². The minimum atomic E-state index is -0.541. The van der Waals surface area contributed by atoms with Crippen LogP contribution in [0, 0.1) is 0 Å². The highest BCUT2D eigenvalue weighted by molar-refractivity contribution is 5.76. The second-order valence-electron chi connectivity index (χ2n) is 7.65. The van der Waals surface area contributed by atoms with Crippen LogP contribution in [0.4, 0.5) is 4.79 Å². The Hall–Kier alpha value is -2.12. The second-order valence-corrected chi connectivity index (χ2v) is 7.65. The van der Waals surface area contributed by atoms with Crippen LogP contribution in [0.1, 0.15) is 59.3 Å². The van der Waals surface area contributed by atoms with Gasteiger partial charge in [-0.15, -0.1) is 0 Å². The van der Waals surface area contributed by atoms with Crippen LogP contribution in [0.15, 0.2) is 12.7 Å². The number of hydrogen-bond donors (Lipinski definition) is 2. The van der Waals surface area contributed by atoms with Gasteiger partial charge in [0.2, 0.25) is 5.91 Å². The Balaban J connectivity index is 1.86. The molecule has 2 rings (SSSR count). The fourth-order valence-corrected chi connectivity index (χ4v) is 3.02. The van der Waals surface area contributed by atoms with Crippen molar-refractivity contribution in [2.24, 2.45) is 0 Å². The van der Waals surface area contributed by atoms with Crippen LogP contribution in [-0.4, -0.2) is 44.4 Å². The molecular formula is C17H29N5O3. The van der Waals surface area contributed by atoms with E-state index in [1.54, 1.807) is 11.0 Å². The molecule has 2 amide bonds. The Labute approximate surface area is 148 Å². The molecular weight excluding hydrogens is 322 g/mol. The van der Waals surface area contributed by atoms with Gasteiger partial charge >= 0.3 is 6.09 Å². The SMILES string of the molecule is CC(C)(C)OC(=O)NC1(CNC(=O)CCn2cncn2)CCCCC1. The molecule has 140 valence electrons. The van der Waals surface area contributed by atoms with Crippen molar-refractivity contribution >= 4 is 12.0 Å². The first-order valence-corrected chi connectivity index (χ1v) is 8.88. The zero-order valence-corrected chi connectivity index (χ0v) is 15.4. The highest BCUT2D eigenvalue weighted by atomic mass is 16.6. The average Bonchev–Trinajstić information content (AvgIpc) is 3.03. The van der Waals surface area contributed by atoms with Crippen LogP contribution in [0.25, 0.3) is 0 Å². The molecule has 0 spiro atoms. The molecule has 0 unspecified atom stereocenters. The van der Waals surface area contributed by atoms with Gasteiger partial charge in [-0.05, 0) is 33.6 Å². The fourth-order valence-electron chi connectivity index (χ4n) is 3.02. The molecule has 0 aromatic carbocycles. The van der Waals surface area contributed by atoms with E-state index in [4.69, 9.17) is 4.74 Å². The van der Waals surface area contributed by atoms with Gasteiger partial charge in [0.15, 0.2) is 0 Å². The molecule has 1 aliphatic carbocycles. The van der Waals surface area contributed by atoms with Crippen molar-refractivity contribution in [1.82, 2.24) is 25.4 Å². The van der Waals surface area contributed by atoms with Crippen LogP contribution in [-0.2, 0) is 16.1 Å². The van der Waals surface area contributed by atoms with Gasteiger partial charge in [-0.25, -0.2) is 9.78 Å². The number of nitrogens with zero attached hydrogens (tertiary/aromatic N) is 3. The molecule has 0 bridgehead atoms. The van der Waals surface area contributed by atoms with Crippen LogP contribution in [0.2, 0.25) is 0 Å². The Morgan fingerprint density at radius 3 is 2.56 bits per heavy atom. The van der Waals surface area contributed by atoms with E-state index in [0.717, 1.165) is 32.1 Å². The Kier molecular flexibility index (Phi) is 6.39. The van der Waals surface area contributed by atoms with Gasteiger partial charge in [-0.1, -0.05) is 19.3 Å². The molecule has 1 aromatic heterocycles. The third-order valence-electron chi connectivity index (χ3n) is 4.24. The number of carbonyl (C=O) groups excluding carboxylic acids is 2. The summed E-state index contributed by atoms with van der Waals surface area (Å²) in [6.07, 6.45) is 7.83. The second kappa shape index (κ2) is 8.31. The van der Waals surface area contributed by atoms with Gasteiger partial charge in [-0.3, -0.25) is 9.48 Å². The molecule has 2 N–H and O–H groups in total. The predicted molar refractivity (Wildman–Crippen MR) is 92.8 cm³/mol. The molecule has 1 heterocycles. The molecule has 0 aliphatic heterocycles. The maximum absolute atomic E-state index is 12.2. The van der Waals surface area contributed by atoms with Crippen molar-refractivity contribution in [3.63, 3.8) is 0 Å². The minimum absolute atomic E-state index is 0.0635. The Bertz CT molecular complexity index is 559. The molecule has 0 radical (unpaired) electrons. The normalized spacial score (nSPS) is 16.9. The summed E-state index contributed by atoms with van der Waals surface area (Å²) >= 11 is 0. The lowest BCUT2D eigenvalue weighted by Crippen LogP contribution is -2.57. The van der Waals surface area contributed by atoms with E-state index in [0.29, 0.717) is 19.5 Å². The van der Waals surface area contributed by atoms with Crippen molar-refractivity contribution in [3.8, 4) is 0 Å². The molecule has 1 fully saturated rings. The van der Waals surface area contributed by atoms with Gasteiger partial charge in [0, 0.05) is 13.0 Å². The average molecular weight is 351 g/mol. The summed E-state index contributed by atoms with van der Waals surface area (Å²) in [5, 5.41) is 9.94. The Morgan fingerprint density at radius 1 is 1.24 bits per heavy atom. The number of ether oxygens (including phenoxy) is 1. The number of rotatable bonds is 6. The number of hydrogen-bond acceptors (Lipinski definition) is 5. The molecule has 0 atom stereocenters. The summed E-state index contributed by atoms with van der Waals surface area (Å²) in [6.45, 7) is 6.42. The standard InChI is InChI=1S/C17H29N5O3/c1-16(2,3)25-15(24)21-17(8-5-4-6-9-17)11-19-14(23)7-10-22-13-18-12-20-22/h12-13H,4-11H2,1-3H3,(H,19,23)(H,21,24). The molecule has 8 nitrogen and oxygen atoms in total.